The lowest BCUT2D eigenvalue weighted by atomic mass is 9.91. The highest BCUT2D eigenvalue weighted by Crippen LogP contribution is 2.42. The quantitative estimate of drug-likeness (QED) is 0.564. The topological polar surface area (TPSA) is 52.6 Å². The zero-order chi connectivity index (χ0) is 12.8. The molecule has 4 nitrogen and oxygen atoms in total. The molecule has 1 saturated heterocycles. The van der Waals surface area contributed by atoms with Crippen molar-refractivity contribution in [3.63, 3.8) is 0 Å². The van der Waals surface area contributed by atoms with Gasteiger partial charge in [-0.25, -0.2) is 0 Å². The Morgan fingerprint density at radius 2 is 1.65 bits per heavy atom. The Labute approximate surface area is 110 Å². The van der Waals surface area contributed by atoms with Crippen LogP contribution in [0.25, 0.3) is 0 Å². The first-order valence-corrected chi connectivity index (χ1v) is 7.64. The van der Waals surface area contributed by atoms with Gasteiger partial charge in [0.2, 0.25) is 0 Å². The van der Waals surface area contributed by atoms with E-state index in [-0.39, 0.29) is 10.5 Å². The van der Waals surface area contributed by atoms with E-state index in [4.69, 9.17) is 9.47 Å². The molecule has 0 spiro atoms. The lowest BCUT2D eigenvalue weighted by Crippen LogP contribution is -2.36. The van der Waals surface area contributed by atoms with Crippen LogP contribution in [-0.4, -0.2) is 42.2 Å². The fraction of sp³-hybridized carbons (Fsp3) is 0.818. The van der Waals surface area contributed by atoms with Gasteiger partial charge in [0.25, 0.3) is 0 Å². The Kier molecular flexibility index (Phi) is 6.19. The summed E-state index contributed by atoms with van der Waals surface area (Å²) in [5, 5.41) is 0. The predicted octanol–water partition coefficient (Wildman–Crippen LogP) is 1.78. The molecule has 1 heterocycles. The van der Waals surface area contributed by atoms with Gasteiger partial charge in [0.05, 0.1) is 18.8 Å². The zero-order valence-corrected chi connectivity index (χ0v) is 11.9. The highest BCUT2D eigenvalue weighted by atomic mass is 32.2. The van der Waals surface area contributed by atoms with Gasteiger partial charge >= 0.3 is 11.9 Å². The minimum absolute atomic E-state index is 0.0209. The van der Waals surface area contributed by atoms with Crippen molar-refractivity contribution in [2.45, 2.75) is 17.9 Å². The second kappa shape index (κ2) is 7.16. The molecule has 6 heteroatoms. The summed E-state index contributed by atoms with van der Waals surface area (Å²) in [6.07, 6.45) is 0.763. The number of methoxy groups -OCH3 is 2. The van der Waals surface area contributed by atoms with Crippen LogP contribution in [0.1, 0.15) is 13.3 Å². The summed E-state index contributed by atoms with van der Waals surface area (Å²) in [5.74, 6) is 0.348. The van der Waals surface area contributed by atoms with Crippen molar-refractivity contribution < 1.29 is 19.1 Å². The summed E-state index contributed by atoms with van der Waals surface area (Å²) < 4.78 is 9.72. The van der Waals surface area contributed by atoms with Gasteiger partial charge in [0.15, 0.2) is 5.92 Å². The van der Waals surface area contributed by atoms with Crippen molar-refractivity contribution in [3.05, 3.63) is 0 Å². The van der Waals surface area contributed by atoms with Crippen LogP contribution >= 0.6 is 23.5 Å². The van der Waals surface area contributed by atoms with E-state index in [0.717, 1.165) is 17.9 Å². The van der Waals surface area contributed by atoms with Gasteiger partial charge in [-0.3, -0.25) is 9.59 Å². The third kappa shape index (κ3) is 3.55. The highest BCUT2D eigenvalue weighted by Gasteiger charge is 2.41. The molecule has 17 heavy (non-hydrogen) atoms. The third-order valence-electron chi connectivity index (χ3n) is 2.81. The summed E-state index contributed by atoms with van der Waals surface area (Å²) >= 11 is 3.61. The average Bonchev–Trinajstić information content (AvgIpc) is 2.87. The summed E-state index contributed by atoms with van der Waals surface area (Å²) in [6.45, 7) is 1.99. The molecule has 1 rings (SSSR count). The molecule has 1 fully saturated rings. The molecule has 0 unspecified atom stereocenters. The maximum Gasteiger partial charge on any atom is 0.320 e. The van der Waals surface area contributed by atoms with Crippen molar-refractivity contribution in [2.75, 3.05) is 25.7 Å². The van der Waals surface area contributed by atoms with Gasteiger partial charge in [-0.2, -0.15) is 0 Å². The first-order valence-electron chi connectivity index (χ1n) is 5.54. The van der Waals surface area contributed by atoms with Crippen LogP contribution in [0, 0.1) is 11.8 Å². The molecular weight excluding hydrogens is 260 g/mol. The molecule has 0 bridgehead atoms. The molecule has 0 saturated carbocycles. The van der Waals surface area contributed by atoms with Crippen LogP contribution in [0.4, 0.5) is 0 Å². The molecule has 0 aromatic rings. The van der Waals surface area contributed by atoms with Crippen molar-refractivity contribution >= 4 is 35.5 Å². The number of rotatable bonds is 5. The lowest BCUT2D eigenvalue weighted by Gasteiger charge is -2.26. The fourth-order valence-electron chi connectivity index (χ4n) is 1.91. The van der Waals surface area contributed by atoms with Crippen LogP contribution in [-0.2, 0) is 19.1 Å². The number of carbonyl (C=O) groups is 2. The van der Waals surface area contributed by atoms with Crippen LogP contribution in [0.15, 0.2) is 0 Å². The fourth-order valence-corrected chi connectivity index (χ4v) is 5.30. The number of thioether (sulfide) groups is 2. The van der Waals surface area contributed by atoms with E-state index >= 15 is 0 Å². The number of carbonyl (C=O) groups excluding carboxylic acids is 2. The van der Waals surface area contributed by atoms with Gasteiger partial charge < -0.3 is 9.47 Å². The summed E-state index contributed by atoms with van der Waals surface area (Å²) in [5.41, 5.74) is 0. The minimum Gasteiger partial charge on any atom is -0.468 e. The molecule has 0 aromatic carbocycles. The third-order valence-corrected chi connectivity index (χ3v) is 6.12. The van der Waals surface area contributed by atoms with Crippen molar-refractivity contribution in [1.29, 1.82) is 0 Å². The van der Waals surface area contributed by atoms with E-state index in [1.54, 1.807) is 23.5 Å². The highest BCUT2D eigenvalue weighted by molar-refractivity contribution is 8.20. The molecule has 0 N–H and O–H groups in total. The normalized spacial score (nSPS) is 18.1. The maximum atomic E-state index is 11.7. The van der Waals surface area contributed by atoms with Gasteiger partial charge in [-0.15, -0.1) is 23.5 Å². The SMILES string of the molecule is CC[C@@H](C1SCCS1)C(C(=O)OC)C(=O)OC. The smallest absolute Gasteiger partial charge is 0.320 e. The first kappa shape index (κ1) is 14.7. The van der Waals surface area contributed by atoms with Gasteiger partial charge in [0.1, 0.15) is 0 Å². The molecule has 98 valence electrons. The number of ether oxygens (including phenoxy) is 2. The molecule has 0 radical (unpaired) electrons. The summed E-state index contributed by atoms with van der Waals surface area (Å²) in [6, 6.07) is 0. The van der Waals surface area contributed by atoms with Crippen LogP contribution < -0.4 is 0 Å². The van der Waals surface area contributed by atoms with Gasteiger partial charge in [0, 0.05) is 17.4 Å². The van der Waals surface area contributed by atoms with E-state index in [1.807, 2.05) is 6.92 Å². The molecule has 1 aliphatic rings. The van der Waals surface area contributed by atoms with Gasteiger partial charge in [-0.1, -0.05) is 13.3 Å². The van der Waals surface area contributed by atoms with Crippen molar-refractivity contribution in [2.24, 2.45) is 11.8 Å². The van der Waals surface area contributed by atoms with E-state index < -0.39 is 17.9 Å². The Hall–Kier alpha value is -0.360. The van der Waals surface area contributed by atoms with E-state index in [0.29, 0.717) is 0 Å². The molecule has 1 aliphatic heterocycles. The second-order valence-electron chi connectivity index (χ2n) is 3.71. The molecule has 0 amide bonds. The van der Waals surface area contributed by atoms with Crippen LogP contribution in [0.2, 0.25) is 0 Å². The molecule has 0 aromatic heterocycles. The van der Waals surface area contributed by atoms with Gasteiger partial charge in [-0.05, 0) is 0 Å². The number of hydrogen-bond acceptors (Lipinski definition) is 6. The van der Waals surface area contributed by atoms with E-state index in [2.05, 4.69) is 0 Å². The predicted molar refractivity (Wildman–Crippen MR) is 70.0 cm³/mol. The standard InChI is InChI=1S/C11H18O4S2/c1-4-7(11-16-5-6-17-11)8(9(12)14-2)10(13)15-3/h7-8,11H,4-6H2,1-3H3/t7-/m1/s1. The lowest BCUT2D eigenvalue weighted by molar-refractivity contribution is -0.161. The minimum atomic E-state index is -0.793. The Morgan fingerprint density at radius 1 is 1.18 bits per heavy atom. The van der Waals surface area contributed by atoms with Crippen molar-refractivity contribution in [3.8, 4) is 0 Å². The summed E-state index contributed by atoms with van der Waals surface area (Å²) in [4.78, 5) is 23.5. The Morgan fingerprint density at radius 3 is 2.00 bits per heavy atom. The molecular formula is C11H18O4S2. The zero-order valence-electron chi connectivity index (χ0n) is 10.3. The average molecular weight is 278 g/mol. The van der Waals surface area contributed by atoms with E-state index in [9.17, 15) is 9.59 Å². The van der Waals surface area contributed by atoms with Crippen LogP contribution in [0.5, 0.6) is 0 Å². The van der Waals surface area contributed by atoms with Crippen LogP contribution in [0.3, 0.4) is 0 Å². The second-order valence-corrected chi connectivity index (χ2v) is 6.50. The Bertz CT molecular complexity index is 261. The summed E-state index contributed by atoms with van der Waals surface area (Å²) in [7, 11) is 2.61. The molecule has 1 atom stereocenters. The largest absolute Gasteiger partial charge is 0.468 e. The monoisotopic (exact) mass is 278 g/mol. The Balaban J connectivity index is 2.84. The number of esters is 2. The maximum absolute atomic E-state index is 11.7. The molecule has 0 aliphatic carbocycles. The van der Waals surface area contributed by atoms with E-state index in [1.165, 1.54) is 14.2 Å². The number of hydrogen-bond donors (Lipinski definition) is 0. The first-order chi connectivity index (χ1) is 8.15. The van der Waals surface area contributed by atoms with Crippen molar-refractivity contribution in [1.82, 2.24) is 0 Å².